The Morgan fingerprint density at radius 1 is 1.50 bits per heavy atom. The molecule has 5 heteroatoms. The minimum atomic E-state index is 0.116. The van der Waals surface area contributed by atoms with E-state index in [1.807, 2.05) is 11.9 Å². The zero-order valence-corrected chi connectivity index (χ0v) is 12.8. The molecule has 112 valence electrons. The fourth-order valence-corrected chi connectivity index (χ4v) is 2.94. The number of nitrogens with zero attached hydrogens (tertiary/aromatic N) is 3. The molecule has 0 spiro atoms. The van der Waals surface area contributed by atoms with Gasteiger partial charge in [0.05, 0.1) is 11.8 Å². The molecule has 0 radical (unpaired) electrons. The molecule has 1 aliphatic rings. The van der Waals surface area contributed by atoms with Gasteiger partial charge >= 0.3 is 0 Å². The summed E-state index contributed by atoms with van der Waals surface area (Å²) in [6, 6.07) is 0.554. The van der Waals surface area contributed by atoms with Crippen molar-refractivity contribution in [3.8, 4) is 0 Å². The quantitative estimate of drug-likeness (QED) is 0.891. The average molecular weight is 278 g/mol. The van der Waals surface area contributed by atoms with E-state index in [0.29, 0.717) is 17.5 Å². The lowest BCUT2D eigenvalue weighted by molar-refractivity contribution is 0.0627. The second-order valence-electron chi connectivity index (χ2n) is 5.67. The van der Waals surface area contributed by atoms with Crippen LogP contribution in [0.3, 0.4) is 0 Å². The van der Waals surface area contributed by atoms with Crippen molar-refractivity contribution in [1.29, 1.82) is 0 Å². The molecule has 0 aromatic carbocycles. The van der Waals surface area contributed by atoms with Crippen molar-refractivity contribution < 1.29 is 4.79 Å². The van der Waals surface area contributed by atoms with Gasteiger partial charge in [-0.05, 0) is 25.3 Å². The van der Waals surface area contributed by atoms with Gasteiger partial charge in [-0.3, -0.25) is 9.48 Å². The molecule has 0 bridgehead atoms. The minimum absolute atomic E-state index is 0.116. The van der Waals surface area contributed by atoms with Crippen molar-refractivity contribution in [1.82, 2.24) is 20.0 Å². The summed E-state index contributed by atoms with van der Waals surface area (Å²) in [5, 5.41) is 7.71. The topological polar surface area (TPSA) is 50.2 Å². The lowest BCUT2D eigenvalue weighted by Crippen LogP contribution is -2.51. The first kappa shape index (κ1) is 15.0. The van der Waals surface area contributed by atoms with Crippen LogP contribution in [-0.4, -0.2) is 46.3 Å². The molecule has 1 saturated heterocycles. The molecule has 1 amide bonds. The third-order valence-electron chi connectivity index (χ3n) is 4.15. The van der Waals surface area contributed by atoms with E-state index in [9.17, 15) is 4.79 Å². The van der Waals surface area contributed by atoms with Crippen molar-refractivity contribution in [2.45, 2.75) is 39.2 Å². The Morgan fingerprint density at radius 2 is 2.30 bits per heavy atom. The number of likely N-dealkylation sites (tertiary alicyclic amines) is 1. The number of hydrogen-bond acceptors (Lipinski definition) is 3. The summed E-state index contributed by atoms with van der Waals surface area (Å²) in [6.45, 7) is 7.16. The van der Waals surface area contributed by atoms with Crippen molar-refractivity contribution in [3.63, 3.8) is 0 Å². The van der Waals surface area contributed by atoms with Crippen LogP contribution in [0.15, 0.2) is 12.4 Å². The van der Waals surface area contributed by atoms with Crippen LogP contribution >= 0.6 is 0 Å². The number of rotatable bonds is 5. The summed E-state index contributed by atoms with van der Waals surface area (Å²) in [6.07, 6.45) is 6.77. The zero-order chi connectivity index (χ0) is 14.5. The Labute approximate surface area is 121 Å². The maximum Gasteiger partial charge on any atom is 0.257 e. The highest BCUT2D eigenvalue weighted by Crippen LogP contribution is 2.21. The molecule has 2 heterocycles. The summed E-state index contributed by atoms with van der Waals surface area (Å²) in [7, 11) is 1.84. The van der Waals surface area contributed by atoms with E-state index in [0.717, 1.165) is 38.9 Å². The van der Waals surface area contributed by atoms with E-state index in [2.05, 4.69) is 24.3 Å². The van der Waals surface area contributed by atoms with Crippen LogP contribution in [-0.2, 0) is 7.05 Å². The first-order valence-electron chi connectivity index (χ1n) is 7.67. The molecular formula is C15H26N4O. The highest BCUT2D eigenvalue weighted by Gasteiger charge is 2.30. The molecule has 0 aliphatic carbocycles. The van der Waals surface area contributed by atoms with Crippen LogP contribution in [0.4, 0.5) is 0 Å². The van der Waals surface area contributed by atoms with Gasteiger partial charge in [0.2, 0.25) is 0 Å². The van der Waals surface area contributed by atoms with Gasteiger partial charge in [-0.2, -0.15) is 5.10 Å². The minimum Gasteiger partial charge on any atom is -0.338 e. The normalized spacial score (nSPS) is 23.1. The third kappa shape index (κ3) is 3.39. The van der Waals surface area contributed by atoms with Gasteiger partial charge in [-0.1, -0.05) is 20.3 Å². The number of carbonyl (C=O) groups is 1. The molecular weight excluding hydrogens is 252 g/mol. The molecule has 1 N–H and O–H groups in total. The summed E-state index contributed by atoms with van der Waals surface area (Å²) in [5.41, 5.74) is 0.697. The highest BCUT2D eigenvalue weighted by atomic mass is 16.2. The van der Waals surface area contributed by atoms with Crippen LogP contribution in [0, 0.1) is 5.92 Å². The Morgan fingerprint density at radius 3 is 2.90 bits per heavy atom. The summed E-state index contributed by atoms with van der Waals surface area (Å²) >= 11 is 0. The van der Waals surface area contributed by atoms with Crippen LogP contribution in [0.5, 0.6) is 0 Å². The number of hydrogen-bond donors (Lipinski definition) is 1. The van der Waals surface area contributed by atoms with Gasteiger partial charge < -0.3 is 10.2 Å². The number of aromatic nitrogens is 2. The average Bonchev–Trinajstić information content (AvgIpc) is 2.90. The van der Waals surface area contributed by atoms with Crippen molar-refractivity contribution in [2.24, 2.45) is 13.0 Å². The molecule has 2 atom stereocenters. The molecule has 2 unspecified atom stereocenters. The van der Waals surface area contributed by atoms with Crippen molar-refractivity contribution in [2.75, 3.05) is 19.6 Å². The summed E-state index contributed by atoms with van der Waals surface area (Å²) < 4.78 is 1.68. The van der Waals surface area contributed by atoms with E-state index in [1.165, 1.54) is 0 Å². The number of piperidine rings is 1. The third-order valence-corrected chi connectivity index (χ3v) is 4.15. The van der Waals surface area contributed by atoms with E-state index >= 15 is 0 Å². The number of aryl methyl sites for hydroxylation is 1. The first-order chi connectivity index (χ1) is 9.65. The number of amides is 1. The number of nitrogens with one attached hydrogen (secondary N) is 1. The first-order valence-corrected chi connectivity index (χ1v) is 7.67. The van der Waals surface area contributed by atoms with Gasteiger partial charge in [0.15, 0.2) is 0 Å². The smallest absolute Gasteiger partial charge is 0.257 e. The molecule has 1 aromatic heterocycles. The zero-order valence-electron chi connectivity index (χ0n) is 12.8. The monoisotopic (exact) mass is 278 g/mol. The van der Waals surface area contributed by atoms with Crippen molar-refractivity contribution >= 4 is 5.91 Å². The molecule has 1 fully saturated rings. The fraction of sp³-hybridized carbons (Fsp3) is 0.733. The predicted molar refractivity (Wildman–Crippen MR) is 79.6 cm³/mol. The maximum atomic E-state index is 12.4. The molecule has 1 aliphatic heterocycles. The second-order valence-corrected chi connectivity index (χ2v) is 5.67. The molecule has 1 aromatic rings. The van der Waals surface area contributed by atoms with E-state index in [-0.39, 0.29) is 5.91 Å². The van der Waals surface area contributed by atoms with Gasteiger partial charge in [0.25, 0.3) is 5.91 Å². The van der Waals surface area contributed by atoms with Crippen molar-refractivity contribution in [3.05, 3.63) is 18.0 Å². The van der Waals surface area contributed by atoms with Crippen LogP contribution in [0.25, 0.3) is 0 Å². The second kappa shape index (κ2) is 6.88. The molecule has 2 rings (SSSR count). The van der Waals surface area contributed by atoms with E-state index in [4.69, 9.17) is 0 Å². The Kier molecular flexibility index (Phi) is 5.17. The highest BCUT2D eigenvalue weighted by molar-refractivity contribution is 5.93. The SMILES string of the molecule is CCCNC1CCN(C(=O)c2cnn(C)c2)CC1CC. The molecule has 0 saturated carbocycles. The van der Waals surface area contributed by atoms with E-state index in [1.54, 1.807) is 17.1 Å². The largest absolute Gasteiger partial charge is 0.338 e. The van der Waals surface area contributed by atoms with Gasteiger partial charge in [0, 0.05) is 32.4 Å². The van der Waals surface area contributed by atoms with Crippen LogP contribution < -0.4 is 5.32 Å². The van der Waals surface area contributed by atoms with Crippen LogP contribution in [0.1, 0.15) is 43.5 Å². The van der Waals surface area contributed by atoms with Crippen LogP contribution in [0.2, 0.25) is 0 Å². The molecule has 20 heavy (non-hydrogen) atoms. The Balaban J connectivity index is 1.97. The van der Waals surface area contributed by atoms with E-state index < -0.39 is 0 Å². The summed E-state index contributed by atoms with van der Waals surface area (Å²) in [4.78, 5) is 14.4. The van der Waals surface area contributed by atoms with Gasteiger partial charge in [-0.15, -0.1) is 0 Å². The lowest BCUT2D eigenvalue weighted by atomic mass is 9.89. The van der Waals surface area contributed by atoms with Gasteiger partial charge in [-0.25, -0.2) is 0 Å². The molecule has 5 nitrogen and oxygen atoms in total. The lowest BCUT2D eigenvalue weighted by Gasteiger charge is -2.38. The number of carbonyl (C=O) groups excluding carboxylic acids is 1. The Hall–Kier alpha value is -1.36. The maximum absolute atomic E-state index is 12.4. The predicted octanol–water partition coefficient (Wildman–Crippen LogP) is 1.66. The summed E-state index contributed by atoms with van der Waals surface area (Å²) in [5.74, 6) is 0.668. The van der Waals surface area contributed by atoms with Gasteiger partial charge in [0.1, 0.15) is 0 Å². The standard InChI is InChI=1S/C15H26N4O/c1-4-7-16-14-6-8-19(11-12(14)5-2)15(20)13-9-17-18(3)10-13/h9-10,12,14,16H,4-8,11H2,1-3H3. The Bertz CT molecular complexity index is 443. The fourth-order valence-electron chi connectivity index (χ4n) is 2.94.